The molecule has 1 aliphatic carbocycles. The molecule has 1 aliphatic rings. The van der Waals surface area contributed by atoms with Gasteiger partial charge >= 0.3 is 0 Å². The van der Waals surface area contributed by atoms with E-state index in [1.165, 1.54) is 11.8 Å². The fourth-order valence-electron chi connectivity index (χ4n) is 3.51. The quantitative estimate of drug-likeness (QED) is 0.396. The predicted molar refractivity (Wildman–Crippen MR) is 113 cm³/mol. The van der Waals surface area contributed by atoms with Crippen molar-refractivity contribution in [3.63, 3.8) is 0 Å². The van der Waals surface area contributed by atoms with Gasteiger partial charge in [0.1, 0.15) is 5.82 Å². The number of Topliss-reactive ketones (excluding diaryl/α,β-unsaturated/α-hetero) is 1. The number of ketones is 1. The zero-order valence-corrected chi connectivity index (χ0v) is 17.3. The number of thioether (sulfide) groups is 1. The van der Waals surface area contributed by atoms with E-state index in [1.807, 2.05) is 39.6 Å². The monoisotopic (exact) mass is 422 g/mol. The van der Waals surface area contributed by atoms with Crippen molar-refractivity contribution in [3.05, 3.63) is 41.9 Å². The van der Waals surface area contributed by atoms with Gasteiger partial charge in [-0.1, -0.05) is 30.0 Å². The molecule has 2 heterocycles. The standard InChI is InChI=1S/C21H22N6O2S/c22-9-3-10-26-12-16(15-4-1-2-5-17(15)26)18(28)13-30-21-25-24-20(14-6-7-14)27(21)11-8-19(23)29/h1-2,4-5,12,14H,3,6-8,10-11,13H2,(H2,23,29). The molecule has 0 bridgehead atoms. The van der Waals surface area contributed by atoms with Crippen molar-refractivity contribution in [1.29, 1.82) is 5.26 Å². The lowest BCUT2D eigenvalue weighted by molar-refractivity contribution is -0.118. The highest BCUT2D eigenvalue weighted by Crippen LogP contribution is 2.40. The van der Waals surface area contributed by atoms with Crippen molar-refractivity contribution in [2.24, 2.45) is 5.73 Å². The maximum atomic E-state index is 13.0. The molecule has 30 heavy (non-hydrogen) atoms. The summed E-state index contributed by atoms with van der Waals surface area (Å²) >= 11 is 1.33. The number of nitriles is 1. The molecule has 0 saturated heterocycles. The van der Waals surface area contributed by atoms with Crippen LogP contribution >= 0.6 is 11.8 Å². The number of fused-ring (bicyclic) bond motifs is 1. The summed E-state index contributed by atoms with van der Waals surface area (Å²) in [6.45, 7) is 0.974. The van der Waals surface area contributed by atoms with Crippen LogP contribution in [0.1, 0.15) is 47.8 Å². The van der Waals surface area contributed by atoms with Crippen molar-refractivity contribution in [2.45, 2.75) is 49.8 Å². The smallest absolute Gasteiger partial charge is 0.219 e. The fraction of sp³-hybridized carbons (Fsp3) is 0.381. The predicted octanol–water partition coefficient (Wildman–Crippen LogP) is 2.87. The van der Waals surface area contributed by atoms with Crippen LogP contribution in [-0.2, 0) is 17.9 Å². The van der Waals surface area contributed by atoms with Gasteiger partial charge in [-0.05, 0) is 18.9 Å². The van der Waals surface area contributed by atoms with E-state index >= 15 is 0 Å². The topological polar surface area (TPSA) is 120 Å². The minimum Gasteiger partial charge on any atom is -0.370 e. The van der Waals surface area contributed by atoms with E-state index < -0.39 is 0 Å². The van der Waals surface area contributed by atoms with Gasteiger partial charge in [0.15, 0.2) is 10.9 Å². The highest BCUT2D eigenvalue weighted by atomic mass is 32.2. The fourth-order valence-corrected chi connectivity index (χ4v) is 4.37. The Morgan fingerprint density at radius 3 is 2.77 bits per heavy atom. The third-order valence-electron chi connectivity index (χ3n) is 5.16. The number of aryl methyl sites for hydroxylation is 1. The van der Waals surface area contributed by atoms with Crippen LogP contribution in [0.2, 0.25) is 0 Å². The van der Waals surface area contributed by atoms with E-state index in [2.05, 4.69) is 16.3 Å². The molecule has 1 fully saturated rings. The number of hydrogen-bond donors (Lipinski definition) is 1. The third-order valence-corrected chi connectivity index (χ3v) is 6.12. The Morgan fingerprint density at radius 2 is 2.03 bits per heavy atom. The van der Waals surface area contributed by atoms with Crippen LogP contribution in [0.5, 0.6) is 0 Å². The summed E-state index contributed by atoms with van der Waals surface area (Å²) in [5.41, 5.74) is 6.90. The first kappa shape index (κ1) is 20.2. The van der Waals surface area contributed by atoms with E-state index in [4.69, 9.17) is 11.0 Å². The average Bonchev–Trinajstić information content (AvgIpc) is 3.40. The summed E-state index contributed by atoms with van der Waals surface area (Å²) < 4.78 is 3.88. The van der Waals surface area contributed by atoms with Gasteiger partial charge in [0, 0.05) is 48.1 Å². The molecule has 1 saturated carbocycles. The molecular weight excluding hydrogens is 400 g/mol. The van der Waals surface area contributed by atoms with Crippen LogP contribution in [-0.4, -0.2) is 36.8 Å². The molecule has 154 valence electrons. The van der Waals surface area contributed by atoms with Gasteiger partial charge in [-0.3, -0.25) is 9.59 Å². The Kier molecular flexibility index (Phi) is 5.86. The summed E-state index contributed by atoms with van der Waals surface area (Å²) in [6, 6.07) is 9.86. The van der Waals surface area contributed by atoms with Crippen molar-refractivity contribution in [1.82, 2.24) is 19.3 Å². The SMILES string of the molecule is N#CCCn1cc(C(=O)CSc2nnc(C3CC3)n2CCC(N)=O)c2ccccc21. The number of amides is 1. The number of primary amides is 1. The summed E-state index contributed by atoms with van der Waals surface area (Å²) in [5.74, 6) is 1.09. The largest absolute Gasteiger partial charge is 0.370 e. The molecular formula is C21H22N6O2S. The van der Waals surface area contributed by atoms with E-state index in [-0.39, 0.29) is 23.9 Å². The van der Waals surface area contributed by atoms with Gasteiger partial charge in [0.25, 0.3) is 0 Å². The summed E-state index contributed by atoms with van der Waals surface area (Å²) in [7, 11) is 0. The molecule has 2 aromatic heterocycles. The number of para-hydroxylation sites is 1. The first-order valence-electron chi connectivity index (χ1n) is 9.90. The molecule has 1 aromatic carbocycles. The molecule has 2 N–H and O–H groups in total. The first-order valence-corrected chi connectivity index (χ1v) is 10.9. The van der Waals surface area contributed by atoms with Crippen LogP contribution < -0.4 is 5.73 Å². The summed E-state index contributed by atoms with van der Waals surface area (Å²) in [6.07, 6.45) is 4.57. The number of aromatic nitrogens is 4. The van der Waals surface area contributed by atoms with Gasteiger partial charge in [0.05, 0.1) is 18.2 Å². The van der Waals surface area contributed by atoms with Crippen LogP contribution in [0.4, 0.5) is 0 Å². The number of nitrogens with two attached hydrogens (primary N) is 1. The van der Waals surface area contributed by atoms with E-state index in [0.29, 0.717) is 36.1 Å². The molecule has 1 amide bonds. The highest BCUT2D eigenvalue weighted by molar-refractivity contribution is 7.99. The highest BCUT2D eigenvalue weighted by Gasteiger charge is 2.30. The number of nitrogens with zero attached hydrogens (tertiary/aromatic N) is 5. The Balaban J connectivity index is 1.53. The summed E-state index contributed by atoms with van der Waals surface area (Å²) in [4.78, 5) is 24.3. The normalized spacial score (nSPS) is 13.4. The summed E-state index contributed by atoms with van der Waals surface area (Å²) in [5, 5.41) is 19.0. The van der Waals surface area contributed by atoms with Crippen molar-refractivity contribution >= 4 is 34.4 Å². The Bertz CT molecular complexity index is 1140. The maximum absolute atomic E-state index is 13.0. The van der Waals surface area contributed by atoms with Crippen LogP contribution in [0, 0.1) is 11.3 Å². The Morgan fingerprint density at radius 1 is 1.23 bits per heavy atom. The zero-order chi connectivity index (χ0) is 21.1. The second-order valence-corrected chi connectivity index (χ2v) is 8.30. The molecule has 9 heteroatoms. The Labute approximate surface area is 178 Å². The van der Waals surface area contributed by atoms with Crippen LogP contribution in [0.25, 0.3) is 10.9 Å². The van der Waals surface area contributed by atoms with Crippen molar-refractivity contribution < 1.29 is 9.59 Å². The third kappa shape index (κ3) is 4.24. The minimum absolute atomic E-state index is 0.00988. The molecule has 8 nitrogen and oxygen atoms in total. The van der Waals surface area contributed by atoms with Crippen LogP contribution in [0.15, 0.2) is 35.6 Å². The lowest BCUT2D eigenvalue weighted by Crippen LogP contribution is -2.16. The molecule has 0 spiro atoms. The lowest BCUT2D eigenvalue weighted by Gasteiger charge is -2.08. The molecule has 0 radical (unpaired) electrons. The number of benzene rings is 1. The van der Waals surface area contributed by atoms with Crippen LogP contribution in [0.3, 0.4) is 0 Å². The van der Waals surface area contributed by atoms with Gasteiger partial charge in [0.2, 0.25) is 5.91 Å². The average molecular weight is 423 g/mol. The van der Waals surface area contributed by atoms with Gasteiger partial charge in [-0.15, -0.1) is 10.2 Å². The van der Waals surface area contributed by atoms with Crippen molar-refractivity contribution in [3.8, 4) is 6.07 Å². The molecule has 4 rings (SSSR count). The van der Waals surface area contributed by atoms with E-state index in [0.717, 1.165) is 29.6 Å². The lowest BCUT2D eigenvalue weighted by atomic mass is 10.1. The number of rotatable bonds is 10. The van der Waals surface area contributed by atoms with E-state index in [1.54, 1.807) is 0 Å². The van der Waals surface area contributed by atoms with Gasteiger partial charge < -0.3 is 14.9 Å². The van der Waals surface area contributed by atoms with Gasteiger partial charge in [-0.2, -0.15) is 5.26 Å². The molecule has 3 aromatic rings. The number of carbonyl (C=O) groups is 2. The maximum Gasteiger partial charge on any atom is 0.219 e. The number of carbonyl (C=O) groups excluding carboxylic acids is 2. The van der Waals surface area contributed by atoms with Crippen molar-refractivity contribution in [2.75, 3.05) is 5.75 Å². The molecule has 0 atom stereocenters. The Hall–Kier alpha value is -3.12. The minimum atomic E-state index is -0.373. The zero-order valence-electron chi connectivity index (χ0n) is 16.5. The van der Waals surface area contributed by atoms with Gasteiger partial charge in [-0.25, -0.2) is 0 Å². The second-order valence-electron chi connectivity index (χ2n) is 7.36. The molecule has 0 aliphatic heterocycles. The first-order chi connectivity index (χ1) is 14.6. The van der Waals surface area contributed by atoms with E-state index in [9.17, 15) is 9.59 Å². The second kappa shape index (κ2) is 8.71. The molecule has 0 unspecified atom stereocenters. The number of hydrogen-bond acceptors (Lipinski definition) is 6.